The third-order valence-corrected chi connectivity index (χ3v) is 3.98. The van der Waals surface area contributed by atoms with Gasteiger partial charge in [-0.15, -0.1) is 0 Å². The fourth-order valence-electron chi connectivity index (χ4n) is 1.09. The molecule has 0 saturated carbocycles. The summed E-state index contributed by atoms with van der Waals surface area (Å²) in [4.78, 5) is 0. The zero-order valence-corrected chi connectivity index (χ0v) is 8.70. The van der Waals surface area contributed by atoms with Crippen molar-refractivity contribution in [3.05, 3.63) is 0 Å². The van der Waals surface area contributed by atoms with Gasteiger partial charge in [-0.1, -0.05) is 0 Å². The zero-order chi connectivity index (χ0) is 9.90. The molecular weight excluding hydrogens is 195 g/mol. The second-order valence-corrected chi connectivity index (χ2v) is 4.73. The van der Waals surface area contributed by atoms with Crippen molar-refractivity contribution >= 4 is 7.60 Å². The van der Waals surface area contributed by atoms with E-state index in [2.05, 4.69) is 0 Å². The molecule has 0 amide bonds. The summed E-state index contributed by atoms with van der Waals surface area (Å²) in [5, 5.41) is 8.72. The summed E-state index contributed by atoms with van der Waals surface area (Å²) in [6.07, 6.45) is -0.385. The van der Waals surface area contributed by atoms with Gasteiger partial charge in [0.2, 0.25) is 0 Å². The SMILES string of the molecule is CCOP(=O)(OCC)[C@H]1O[C@H]1CO. The maximum absolute atomic E-state index is 11.9. The zero-order valence-electron chi connectivity index (χ0n) is 7.80. The molecular formula is C7H15O5P. The first-order valence-electron chi connectivity index (χ1n) is 4.33. The summed E-state index contributed by atoms with van der Waals surface area (Å²) in [6, 6.07) is 0. The summed E-state index contributed by atoms with van der Waals surface area (Å²) in [5.41, 5.74) is 0. The molecule has 0 aromatic heterocycles. The number of epoxide rings is 1. The first kappa shape index (κ1) is 11.1. The minimum Gasteiger partial charge on any atom is -0.394 e. The van der Waals surface area contributed by atoms with Gasteiger partial charge in [-0.3, -0.25) is 4.57 Å². The molecule has 78 valence electrons. The van der Waals surface area contributed by atoms with E-state index in [0.717, 1.165) is 0 Å². The van der Waals surface area contributed by atoms with Crippen molar-refractivity contribution in [2.24, 2.45) is 0 Å². The van der Waals surface area contributed by atoms with Crippen LogP contribution in [0.1, 0.15) is 13.8 Å². The maximum Gasteiger partial charge on any atom is 0.361 e. The minimum absolute atomic E-state index is 0.144. The highest BCUT2D eigenvalue weighted by molar-refractivity contribution is 7.54. The average molecular weight is 210 g/mol. The lowest BCUT2D eigenvalue weighted by atomic mass is 10.5. The van der Waals surface area contributed by atoms with E-state index in [1.54, 1.807) is 13.8 Å². The Balaban J connectivity index is 2.53. The predicted octanol–water partition coefficient (Wildman–Crippen LogP) is 0.970. The molecule has 1 aliphatic heterocycles. The quantitative estimate of drug-likeness (QED) is 0.522. The van der Waals surface area contributed by atoms with E-state index in [-0.39, 0.29) is 12.7 Å². The summed E-state index contributed by atoms with van der Waals surface area (Å²) < 4.78 is 26.9. The molecule has 0 radical (unpaired) electrons. The molecule has 0 spiro atoms. The first-order valence-corrected chi connectivity index (χ1v) is 5.94. The molecule has 0 bridgehead atoms. The third-order valence-electron chi connectivity index (χ3n) is 1.67. The van der Waals surface area contributed by atoms with Gasteiger partial charge >= 0.3 is 7.60 Å². The number of hydrogen-bond donors (Lipinski definition) is 1. The van der Waals surface area contributed by atoms with Crippen molar-refractivity contribution in [3.8, 4) is 0 Å². The molecule has 1 rings (SSSR count). The standard InChI is InChI=1S/C7H15O5P/c1-3-10-13(9,11-4-2)7-6(5-8)12-7/h6-8H,3-5H2,1-2H3/t6-,7+/m0/s1. The molecule has 1 heterocycles. The monoisotopic (exact) mass is 210 g/mol. The fraction of sp³-hybridized carbons (Fsp3) is 1.00. The highest BCUT2D eigenvalue weighted by atomic mass is 31.2. The van der Waals surface area contributed by atoms with Crippen molar-refractivity contribution in [2.75, 3.05) is 19.8 Å². The Kier molecular flexibility index (Phi) is 3.88. The fourth-order valence-corrected chi connectivity index (χ4v) is 2.98. The van der Waals surface area contributed by atoms with Gasteiger partial charge in [0.05, 0.1) is 19.8 Å². The highest BCUT2D eigenvalue weighted by Crippen LogP contribution is 2.61. The smallest absolute Gasteiger partial charge is 0.361 e. The van der Waals surface area contributed by atoms with Crippen LogP contribution in [0.15, 0.2) is 0 Å². The number of hydrogen-bond acceptors (Lipinski definition) is 5. The minimum atomic E-state index is -3.14. The Hall–Kier alpha value is 0.0700. The van der Waals surface area contributed by atoms with Crippen molar-refractivity contribution in [2.45, 2.75) is 25.8 Å². The molecule has 0 aromatic rings. The van der Waals surface area contributed by atoms with Crippen LogP contribution in [0.4, 0.5) is 0 Å². The van der Waals surface area contributed by atoms with Crippen LogP contribution < -0.4 is 0 Å². The van der Waals surface area contributed by atoms with Crippen LogP contribution in [0.3, 0.4) is 0 Å². The first-order chi connectivity index (χ1) is 6.18. The predicted molar refractivity (Wildman–Crippen MR) is 46.6 cm³/mol. The van der Waals surface area contributed by atoms with Crippen LogP contribution in [0, 0.1) is 0 Å². The van der Waals surface area contributed by atoms with Crippen LogP contribution in [-0.2, 0) is 18.3 Å². The number of ether oxygens (including phenoxy) is 1. The van der Waals surface area contributed by atoms with Crippen LogP contribution in [0.2, 0.25) is 0 Å². The lowest BCUT2D eigenvalue weighted by Gasteiger charge is -2.14. The number of aliphatic hydroxyl groups excluding tert-OH is 1. The Morgan fingerprint density at radius 3 is 2.23 bits per heavy atom. The molecule has 13 heavy (non-hydrogen) atoms. The van der Waals surface area contributed by atoms with E-state index < -0.39 is 13.4 Å². The largest absolute Gasteiger partial charge is 0.394 e. The van der Waals surface area contributed by atoms with E-state index in [0.29, 0.717) is 13.2 Å². The molecule has 1 aliphatic rings. The Morgan fingerprint density at radius 1 is 1.38 bits per heavy atom. The van der Waals surface area contributed by atoms with Gasteiger partial charge < -0.3 is 18.9 Å². The topological polar surface area (TPSA) is 68.3 Å². The molecule has 1 N–H and O–H groups in total. The third kappa shape index (κ3) is 2.51. The van der Waals surface area contributed by atoms with Crippen LogP contribution in [0.25, 0.3) is 0 Å². The van der Waals surface area contributed by atoms with Crippen molar-refractivity contribution in [1.82, 2.24) is 0 Å². The highest BCUT2D eigenvalue weighted by Gasteiger charge is 2.54. The molecule has 1 fully saturated rings. The van der Waals surface area contributed by atoms with Gasteiger partial charge in [0, 0.05) is 0 Å². The van der Waals surface area contributed by atoms with Gasteiger partial charge in [-0.2, -0.15) is 0 Å². The Labute approximate surface area is 77.5 Å². The Morgan fingerprint density at radius 2 is 1.92 bits per heavy atom. The van der Waals surface area contributed by atoms with Crippen LogP contribution in [-0.4, -0.2) is 36.9 Å². The van der Waals surface area contributed by atoms with Crippen molar-refractivity contribution < 1.29 is 23.5 Å². The van der Waals surface area contributed by atoms with Crippen molar-refractivity contribution in [3.63, 3.8) is 0 Å². The molecule has 2 atom stereocenters. The van der Waals surface area contributed by atoms with E-state index in [4.69, 9.17) is 18.9 Å². The van der Waals surface area contributed by atoms with Crippen LogP contribution in [0.5, 0.6) is 0 Å². The van der Waals surface area contributed by atoms with Gasteiger partial charge in [0.25, 0.3) is 0 Å². The lowest BCUT2D eigenvalue weighted by Crippen LogP contribution is -2.06. The van der Waals surface area contributed by atoms with Crippen molar-refractivity contribution in [1.29, 1.82) is 0 Å². The second kappa shape index (κ2) is 4.53. The van der Waals surface area contributed by atoms with Gasteiger partial charge in [-0.05, 0) is 13.8 Å². The van der Waals surface area contributed by atoms with E-state index >= 15 is 0 Å². The molecule has 1 saturated heterocycles. The number of aliphatic hydroxyl groups is 1. The van der Waals surface area contributed by atoms with Gasteiger partial charge in [0.1, 0.15) is 6.10 Å². The van der Waals surface area contributed by atoms with E-state index in [9.17, 15) is 4.57 Å². The average Bonchev–Trinajstić information content (AvgIpc) is 2.84. The van der Waals surface area contributed by atoms with Crippen LogP contribution >= 0.6 is 7.60 Å². The van der Waals surface area contributed by atoms with Gasteiger partial charge in [0.15, 0.2) is 5.85 Å². The number of rotatable bonds is 6. The normalized spacial score (nSPS) is 27.6. The van der Waals surface area contributed by atoms with Gasteiger partial charge in [-0.25, -0.2) is 0 Å². The van der Waals surface area contributed by atoms with E-state index in [1.807, 2.05) is 0 Å². The van der Waals surface area contributed by atoms with E-state index in [1.165, 1.54) is 0 Å². The second-order valence-electron chi connectivity index (χ2n) is 2.62. The molecule has 5 nitrogen and oxygen atoms in total. The lowest BCUT2D eigenvalue weighted by molar-refractivity contribution is 0.207. The summed E-state index contributed by atoms with van der Waals surface area (Å²) in [7, 11) is -3.14. The summed E-state index contributed by atoms with van der Waals surface area (Å²) in [5.74, 6) is -0.572. The molecule has 0 aromatic carbocycles. The molecule has 0 unspecified atom stereocenters. The molecule has 0 aliphatic carbocycles. The maximum atomic E-state index is 11.9. The molecule has 6 heteroatoms. The Bertz CT molecular complexity index is 197. The summed E-state index contributed by atoms with van der Waals surface area (Å²) >= 11 is 0. The summed E-state index contributed by atoms with van der Waals surface area (Å²) in [6.45, 7) is 3.96.